The number of hydrogen-bond donors (Lipinski definition) is 1. The Bertz CT molecular complexity index is 946. The van der Waals surface area contributed by atoms with Crippen LogP contribution < -0.4 is 5.32 Å². The third kappa shape index (κ3) is 3.62. The second kappa shape index (κ2) is 7.41. The lowest BCUT2D eigenvalue weighted by atomic mass is 9.88. The third-order valence-corrected chi connectivity index (χ3v) is 6.06. The summed E-state index contributed by atoms with van der Waals surface area (Å²) >= 11 is 1.51. The van der Waals surface area contributed by atoms with E-state index in [9.17, 15) is 4.79 Å². The maximum absolute atomic E-state index is 13.1. The molecule has 0 aliphatic carbocycles. The summed E-state index contributed by atoms with van der Waals surface area (Å²) in [5.41, 5.74) is 4.12. The molecule has 27 heavy (non-hydrogen) atoms. The molecule has 1 radical (unpaired) electrons. The fourth-order valence-electron chi connectivity index (χ4n) is 3.87. The van der Waals surface area contributed by atoms with E-state index in [-0.39, 0.29) is 11.9 Å². The first kappa shape index (κ1) is 18.1. The molecule has 1 atom stereocenters. The highest BCUT2D eigenvalue weighted by Gasteiger charge is 2.28. The molecule has 1 amide bonds. The molecular formula is C22H24N3OS. The van der Waals surface area contributed by atoms with Gasteiger partial charge in [-0.15, -0.1) is 0 Å². The average Bonchev–Trinajstić information content (AvgIpc) is 3.05. The van der Waals surface area contributed by atoms with E-state index in [4.69, 9.17) is 0 Å². The predicted octanol–water partition coefficient (Wildman–Crippen LogP) is 5.08. The summed E-state index contributed by atoms with van der Waals surface area (Å²) in [6, 6.07) is 14.2. The van der Waals surface area contributed by atoms with Crippen molar-refractivity contribution < 1.29 is 4.79 Å². The van der Waals surface area contributed by atoms with Crippen LogP contribution in [-0.4, -0.2) is 28.9 Å². The second-order valence-corrected chi connectivity index (χ2v) is 8.45. The molecule has 1 aromatic heterocycles. The SMILES string of the molecule is C[C](C)CN1CCc2cccc(C(=O)Nc3nc4ccccc4s3)c2C1C. The zero-order chi connectivity index (χ0) is 19.0. The summed E-state index contributed by atoms with van der Waals surface area (Å²) in [5, 5.41) is 3.67. The van der Waals surface area contributed by atoms with Crippen molar-refractivity contribution in [3.63, 3.8) is 0 Å². The van der Waals surface area contributed by atoms with Gasteiger partial charge < -0.3 is 0 Å². The van der Waals surface area contributed by atoms with Crippen LogP contribution in [0.4, 0.5) is 5.13 Å². The number of carbonyl (C=O) groups excluding carboxylic acids is 1. The minimum absolute atomic E-state index is 0.0724. The van der Waals surface area contributed by atoms with Crippen LogP contribution in [0.15, 0.2) is 42.5 Å². The molecule has 4 rings (SSSR count). The van der Waals surface area contributed by atoms with Gasteiger partial charge in [0.05, 0.1) is 10.2 Å². The van der Waals surface area contributed by atoms with Crippen molar-refractivity contribution in [3.05, 3.63) is 65.1 Å². The number of aromatic nitrogens is 1. The topological polar surface area (TPSA) is 45.2 Å². The number of anilines is 1. The Morgan fingerprint density at radius 2 is 2.04 bits per heavy atom. The maximum atomic E-state index is 13.1. The third-order valence-electron chi connectivity index (χ3n) is 5.11. The van der Waals surface area contributed by atoms with E-state index in [0.29, 0.717) is 5.13 Å². The quantitative estimate of drug-likeness (QED) is 0.688. The lowest BCUT2D eigenvalue weighted by Gasteiger charge is -2.37. The summed E-state index contributed by atoms with van der Waals surface area (Å²) in [7, 11) is 0. The molecular weight excluding hydrogens is 354 g/mol. The van der Waals surface area contributed by atoms with Gasteiger partial charge >= 0.3 is 0 Å². The molecule has 1 aliphatic heterocycles. The van der Waals surface area contributed by atoms with E-state index in [0.717, 1.165) is 40.9 Å². The van der Waals surface area contributed by atoms with Crippen LogP contribution in [0.25, 0.3) is 10.2 Å². The number of hydrogen-bond acceptors (Lipinski definition) is 4. The maximum Gasteiger partial charge on any atom is 0.257 e. The molecule has 0 saturated heterocycles. The first-order valence-corrected chi connectivity index (χ1v) is 10.2. The highest BCUT2D eigenvalue weighted by molar-refractivity contribution is 7.22. The number of para-hydroxylation sites is 1. The Morgan fingerprint density at radius 1 is 1.22 bits per heavy atom. The summed E-state index contributed by atoms with van der Waals surface area (Å²) in [5.74, 6) is 1.32. The van der Waals surface area contributed by atoms with Crippen molar-refractivity contribution in [1.29, 1.82) is 0 Å². The minimum Gasteiger partial charge on any atom is -0.298 e. The summed E-state index contributed by atoms with van der Waals surface area (Å²) in [6.45, 7) is 8.52. The van der Waals surface area contributed by atoms with Crippen LogP contribution in [-0.2, 0) is 6.42 Å². The second-order valence-electron chi connectivity index (χ2n) is 7.42. The first-order valence-electron chi connectivity index (χ1n) is 9.34. The van der Waals surface area contributed by atoms with E-state index in [1.54, 1.807) is 0 Å². The van der Waals surface area contributed by atoms with Crippen LogP contribution in [0.1, 0.15) is 48.3 Å². The lowest BCUT2D eigenvalue weighted by Crippen LogP contribution is -2.37. The van der Waals surface area contributed by atoms with E-state index in [1.165, 1.54) is 22.8 Å². The number of nitrogens with zero attached hydrogens (tertiary/aromatic N) is 2. The van der Waals surface area contributed by atoms with Crippen LogP contribution >= 0.6 is 11.3 Å². The molecule has 1 unspecified atom stereocenters. The number of amides is 1. The highest BCUT2D eigenvalue weighted by Crippen LogP contribution is 2.34. The van der Waals surface area contributed by atoms with Crippen LogP contribution in [0.2, 0.25) is 0 Å². The van der Waals surface area contributed by atoms with Crippen LogP contribution in [0.5, 0.6) is 0 Å². The molecule has 139 valence electrons. The number of rotatable bonds is 4. The normalized spacial score (nSPS) is 17.3. The zero-order valence-electron chi connectivity index (χ0n) is 16.0. The summed E-state index contributed by atoms with van der Waals surface area (Å²) in [6.07, 6.45) is 0.981. The largest absolute Gasteiger partial charge is 0.298 e. The van der Waals surface area contributed by atoms with Gasteiger partial charge in [-0.2, -0.15) is 0 Å². The molecule has 2 heterocycles. The van der Waals surface area contributed by atoms with E-state index in [2.05, 4.69) is 42.0 Å². The highest BCUT2D eigenvalue weighted by atomic mass is 32.1. The Morgan fingerprint density at radius 3 is 2.81 bits per heavy atom. The Hall–Kier alpha value is -2.24. The first-order chi connectivity index (χ1) is 13.0. The van der Waals surface area contributed by atoms with Crippen molar-refractivity contribution in [1.82, 2.24) is 9.88 Å². The van der Waals surface area contributed by atoms with Crippen molar-refractivity contribution in [2.45, 2.75) is 33.2 Å². The Labute approximate surface area is 164 Å². The molecule has 2 aromatic carbocycles. The molecule has 0 bridgehead atoms. The average molecular weight is 379 g/mol. The number of fused-ring (bicyclic) bond motifs is 2. The Balaban J connectivity index is 1.63. The molecule has 0 spiro atoms. The van der Waals surface area contributed by atoms with E-state index < -0.39 is 0 Å². The van der Waals surface area contributed by atoms with Crippen molar-refractivity contribution >= 4 is 32.6 Å². The monoisotopic (exact) mass is 378 g/mol. The minimum atomic E-state index is -0.0724. The zero-order valence-corrected chi connectivity index (χ0v) is 16.8. The molecule has 4 nitrogen and oxygen atoms in total. The Kier molecular flexibility index (Phi) is 4.98. The van der Waals surface area contributed by atoms with Crippen LogP contribution in [0.3, 0.4) is 0 Å². The lowest BCUT2D eigenvalue weighted by molar-refractivity contribution is 0.102. The predicted molar refractivity (Wildman–Crippen MR) is 112 cm³/mol. The van der Waals surface area contributed by atoms with Gasteiger partial charge in [-0.3, -0.25) is 15.0 Å². The van der Waals surface area contributed by atoms with Crippen molar-refractivity contribution in [3.8, 4) is 0 Å². The fraction of sp³-hybridized carbons (Fsp3) is 0.318. The summed E-state index contributed by atoms with van der Waals surface area (Å²) < 4.78 is 1.08. The summed E-state index contributed by atoms with van der Waals surface area (Å²) in [4.78, 5) is 20.1. The molecule has 0 saturated carbocycles. The van der Waals surface area contributed by atoms with Gasteiger partial charge in [0.15, 0.2) is 5.13 Å². The van der Waals surface area contributed by atoms with Gasteiger partial charge in [0, 0.05) is 24.7 Å². The van der Waals surface area contributed by atoms with Gasteiger partial charge in [-0.25, -0.2) is 4.98 Å². The molecule has 0 fully saturated rings. The van der Waals surface area contributed by atoms with Gasteiger partial charge in [-0.1, -0.05) is 49.4 Å². The van der Waals surface area contributed by atoms with E-state index >= 15 is 0 Å². The molecule has 1 N–H and O–H groups in total. The molecule has 5 heteroatoms. The number of benzene rings is 2. The van der Waals surface area contributed by atoms with Gasteiger partial charge in [-0.05, 0) is 48.6 Å². The fourth-order valence-corrected chi connectivity index (χ4v) is 4.74. The van der Waals surface area contributed by atoms with Crippen molar-refractivity contribution in [2.24, 2.45) is 0 Å². The van der Waals surface area contributed by atoms with E-state index in [1.807, 2.05) is 36.4 Å². The smallest absolute Gasteiger partial charge is 0.257 e. The standard InChI is InChI=1S/C22H24N3OS/c1-14(2)13-25-12-11-16-7-6-8-17(20(16)15(25)3)21(26)24-22-23-18-9-4-5-10-19(18)27-22/h4-10,15H,11-13H2,1-3H3,(H,23,24,26). The molecule has 3 aromatic rings. The van der Waals surface area contributed by atoms with Gasteiger partial charge in [0.25, 0.3) is 5.91 Å². The van der Waals surface area contributed by atoms with Gasteiger partial charge in [0.1, 0.15) is 0 Å². The number of carbonyl (C=O) groups is 1. The number of nitrogens with one attached hydrogen (secondary N) is 1. The van der Waals surface area contributed by atoms with Crippen LogP contribution in [0, 0.1) is 5.92 Å². The molecule has 1 aliphatic rings. The van der Waals surface area contributed by atoms with Gasteiger partial charge in [0.2, 0.25) is 0 Å². The number of thiazole rings is 1. The van der Waals surface area contributed by atoms with Crippen molar-refractivity contribution in [2.75, 3.05) is 18.4 Å².